The van der Waals surface area contributed by atoms with Gasteiger partial charge < -0.3 is 20.9 Å². The van der Waals surface area contributed by atoms with Gasteiger partial charge in [-0.2, -0.15) is 0 Å². The number of hydrogen-bond acceptors (Lipinski definition) is 5. The Hall–Kier alpha value is -3.42. The third kappa shape index (κ3) is 4.76. The van der Waals surface area contributed by atoms with Crippen molar-refractivity contribution >= 4 is 29.1 Å². The lowest BCUT2D eigenvalue weighted by atomic mass is 9.89. The zero-order chi connectivity index (χ0) is 21.8. The van der Waals surface area contributed by atoms with Crippen LogP contribution in [0, 0.1) is 5.92 Å². The van der Waals surface area contributed by atoms with E-state index in [-0.39, 0.29) is 17.3 Å². The van der Waals surface area contributed by atoms with Crippen LogP contribution < -0.4 is 16.0 Å². The van der Waals surface area contributed by atoms with Crippen molar-refractivity contribution < 1.29 is 14.4 Å². The van der Waals surface area contributed by atoms with E-state index in [1.807, 2.05) is 37.2 Å². The number of nitrogens with one attached hydrogen (secondary N) is 1. The summed E-state index contributed by atoms with van der Waals surface area (Å²) in [5.74, 6) is -1.72. The van der Waals surface area contributed by atoms with Gasteiger partial charge in [0.25, 0.3) is 0 Å². The van der Waals surface area contributed by atoms with E-state index in [0.29, 0.717) is 12.5 Å². The predicted octanol–water partition coefficient (Wildman–Crippen LogP) is 2.18. The van der Waals surface area contributed by atoms with Crippen molar-refractivity contribution in [3.63, 3.8) is 0 Å². The van der Waals surface area contributed by atoms with Crippen molar-refractivity contribution in [2.75, 3.05) is 30.9 Å². The van der Waals surface area contributed by atoms with Crippen LogP contribution >= 0.6 is 0 Å². The lowest BCUT2D eigenvalue weighted by Gasteiger charge is -2.38. The number of anilines is 2. The van der Waals surface area contributed by atoms with Crippen LogP contribution in [0.4, 0.5) is 11.4 Å². The molecule has 2 aromatic rings. The van der Waals surface area contributed by atoms with E-state index in [1.165, 1.54) is 18.5 Å². The molecule has 2 atom stereocenters. The van der Waals surface area contributed by atoms with Gasteiger partial charge in [0, 0.05) is 32.5 Å². The van der Waals surface area contributed by atoms with Gasteiger partial charge in [0.05, 0.1) is 23.5 Å². The van der Waals surface area contributed by atoms with Crippen molar-refractivity contribution in [3.8, 4) is 0 Å². The first-order valence-electron chi connectivity index (χ1n) is 9.90. The first-order valence-corrected chi connectivity index (χ1v) is 9.90. The number of piperidine rings is 1. The highest BCUT2D eigenvalue weighted by molar-refractivity contribution is 6.39. The van der Waals surface area contributed by atoms with Gasteiger partial charge in [-0.25, -0.2) is 0 Å². The van der Waals surface area contributed by atoms with E-state index < -0.39 is 17.7 Å². The molecule has 158 valence electrons. The molecule has 3 rings (SSSR count). The Morgan fingerprint density at radius 3 is 2.63 bits per heavy atom. The maximum atomic E-state index is 13.1. The molecular formula is C22H27N5O3. The molecule has 1 aliphatic heterocycles. The number of aromatic nitrogens is 1. The van der Waals surface area contributed by atoms with Crippen LogP contribution in [0.5, 0.6) is 0 Å². The van der Waals surface area contributed by atoms with Crippen molar-refractivity contribution in [2.45, 2.75) is 25.8 Å². The summed E-state index contributed by atoms with van der Waals surface area (Å²) in [6, 6.07) is 9.25. The number of benzene rings is 1. The highest BCUT2D eigenvalue weighted by atomic mass is 16.2. The van der Waals surface area contributed by atoms with E-state index in [4.69, 9.17) is 5.73 Å². The molecule has 0 bridgehead atoms. The minimum Gasteiger partial charge on any atom is -0.378 e. The van der Waals surface area contributed by atoms with Gasteiger partial charge in [-0.3, -0.25) is 19.4 Å². The van der Waals surface area contributed by atoms with Gasteiger partial charge in [0.15, 0.2) is 0 Å². The Labute approximate surface area is 176 Å². The summed E-state index contributed by atoms with van der Waals surface area (Å²) in [6.07, 6.45) is 4.44. The second kappa shape index (κ2) is 8.94. The zero-order valence-electron chi connectivity index (χ0n) is 17.5. The molecule has 1 aromatic heterocycles. The smallest absolute Gasteiger partial charge is 0.313 e. The Morgan fingerprint density at radius 1 is 1.17 bits per heavy atom. The monoisotopic (exact) mass is 409 g/mol. The molecule has 0 radical (unpaired) electrons. The van der Waals surface area contributed by atoms with Crippen LogP contribution in [0.1, 0.15) is 41.7 Å². The average molecular weight is 409 g/mol. The fourth-order valence-electron chi connectivity index (χ4n) is 3.69. The third-order valence-electron chi connectivity index (χ3n) is 5.32. The number of amides is 3. The maximum absolute atomic E-state index is 13.1. The molecule has 0 aliphatic carbocycles. The minimum atomic E-state index is -0.763. The molecule has 30 heavy (non-hydrogen) atoms. The number of hydrogen-bond donors (Lipinski definition) is 2. The van der Waals surface area contributed by atoms with Crippen LogP contribution in [0.2, 0.25) is 0 Å². The van der Waals surface area contributed by atoms with E-state index in [9.17, 15) is 14.4 Å². The van der Waals surface area contributed by atoms with Gasteiger partial charge in [0.2, 0.25) is 5.91 Å². The Kier molecular flexibility index (Phi) is 6.34. The van der Waals surface area contributed by atoms with Gasteiger partial charge >= 0.3 is 11.8 Å². The van der Waals surface area contributed by atoms with Gasteiger partial charge in [0.1, 0.15) is 0 Å². The Bertz CT molecular complexity index is 959. The van der Waals surface area contributed by atoms with Gasteiger partial charge in [-0.05, 0) is 42.5 Å². The summed E-state index contributed by atoms with van der Waals surface area (Å²) < 4.78 is 0. The number of carbonyl (C=O) groups is 3. The maximum Gasteiger partial charge on any atom is 0.313 e. The predicted molar refractivity (Wildman–Crippen MR) is 115 cm³/mol. The lowest BCUT2D eigenvalue weighted by molar-refractivity contribution is -0.146. The molecule has 0 spiro atoms. The molecule has 0 unspecified atom stereocenters. The van der Waals surface area contributed by atoms with Crippen molar-refractivity contribution in [3.05, 3.63) is 53.9 Å². The molecule has 1 aromatic carbocycles. The SMILES string of the molecule is C[C@H]1CC[C@H](c2cccc(N(C)C)c2)N(C(=O)C(=O)Nc2cncc(C(N)=O)c2)C1. The largest absolute Gasteiger partial charge is 0.378 e. The van der Waals surface area contributed by atoms with Crippen molar-refractivity contribution in [2.24, 2.45) is 11.7 Å². The standard InChI is InChI=1S/C22H27N5O3/c1-14-7-8-19(15-5-4-6-18(10-15)26(2)3)27(13-14)22(30)21(29)25-17-9-16(20(23)28)11-24-12-17/h4-6,9-12,14,19H,7-8,13H2,1-3H3,(H2,23,28)(H,25,29)/t14-,19+/m0/s1. The second-order valence-electron chi connectivity index (χ2n) is 7.93. The highest BCUT2D eigenvalue weighted by Gasteiger charge is 2.34. The topological polar surface area (TPSA) is 109 Å². The molecule has 3 N–H and O–H groups in total. The molecule has 1 aliphatic rings. The second-order valence-corrected chi connectivity index (χ2v) is 7.93. The molecule has 8 heteroatoms. The first-order chi connectivity index (χ1) is 14.3. The number of carbonyl (C=O) groups excluding carboxylic acids is 3. The minimum absolute atomic E-state index is 0.158. The zero-order valence-corrected chi connectivity index (χ0v) is 17.5. The Morgan fingerprint density at radius 2 is 1.93 bits per heavy atom. The Balaban J connectivity index is 1.82. The number of nitrogens with zero attached hydrogens (tertiary/aromatic N) is 3. The normalized spacial score (nSPS) is 18.6. The van der Waals surface area contributed by atoms with Crippen LogP contribution in [-0.2, 0) is 9.59 Å². The molecule has 0 saturated carbocycles. The van der Waals surface area contributed by atoms with Crippen LogP contribution in [0.3, 0.4) is 0 Å². The van der Waals surface area contributed by atoms with Gasteiger partial charge in [-0.1, -0.05) is 19.1 Å². The third-order valence-corrected chi connectivity index (χ3v) is 5.32. The number of pyridine rings is 1. The summed E-state index contributed by atoms with van der Waals surface area (Å²) in [4.78, 5) is 44.6. The van der Waals surface area contributed by atoms with Crippen LogP contribution in [-0.4, -0.2) is 48.2 Å². The number of rotatable bonds is 4. The molecule has 8 nitrogen and oxygen atoms in total. The molecule has 2 heterocycles. The number of nitrogens with two attached hydrogens (primary N) is 1. The van der Waals surface area contributed by atoms with E-state index in [1.54, 1.807) is 4.90 Å². The fourth-order valence-corrected chi connectivity index (χ4v) is 3.69. The molecule has 3 amide bonds. The van der Waals surface area contributed by atoms with E-state index in [0.717, 1.165) is 24.1 Å². The number of likely N-dealkylation sites (tertiary alicyclic amines) is 1. The summed E-state index contributed by atoms with van der Waals surface area (Å²) >= 11 is 0. The number of primary amides is 1. The average Bonchev–Trinajstić information content (AvgIpc) is 2.73. The molecule has 1 fully saturated rings. The van der Waals surface area contributed by atoms with E-state index >= 15 is 0 Å². The molecular weight excluding hydrogens is 382 g/mol. The summed E-state index contributed by atoms with van der Waals surface area (Å²) in [6.45, 7) is 2.58. The van der Waals surface area contributed by atoms with Gasteiger partial charge in [-0.15, -0.1) is 0 Å². The fraction of sp³-hybridized carbons (Fsp3) is 0.364. The highest BCUT2D eigenvalue weighted by Crippen LogP contribution is 2.34. The first kappa shape index (κ1) is 21.3. The summed E-state index contributed by atoms with van der Waals surface area (Å²) in [5, 5.41) is 2.54. The lowest BCUT2D eigenvalue weighted by Crippen LogP contribution is -2.46. The molecule has 1 saturated heterocycles. The van der Waals surface area contributed by atoms with E-state index in [2.05, 4.69) is 23.3 Å². The van der Waals surface area contributed by atoms with Crippen LogP contribution in [0.15, 0.2) is 42.7 Å². The summed E-state index contributed by atoms with van der Waals surface area (Å²) in [7, 11) is 3.93. The van der Waals surface area contributed by atoms with Crippen molar-refractivity contribution in [1.82, 2.24) is 9.88 Å². The quantitative estimate of drug-likeness (QED) is 0.753. The van der Waals surface area contributed by atoms with Crippen LogP contribution in [0.25, 0.3) is 0 Å². The van der Waals surface area contributed by atoms with Crippen molar-refractivity contribution in [1.29, 1.82) is 0 Å². The summed E-state index contributed by atoms with van der Waals surface area (Å²) in [5.41, 5.74) is 7.70.